The summed E-state index contributed by atoms with van der Waals surface area (Å²) in [6.07, 6.45) is 2.32. The first-order valence-electron chi connectivity index (χ1n) is 7.79. The lowest BCUT2D eigenvalue weighted by Gasteiger charge is -2.35. The third-order valence-electron chi connectivity index (χ3n) is 4.11. The third-order valence-corrected chi connectivity index (χ3v) is 4.11. The van der Waals surface area contributed by atoms with E-state index in [4.69, 9.17) is 4.74 Å². The van der Waals surface area contributed by atoms with Crippen LogP contribution in [0.25, 0.3) is 0 Å². The van der Waals surface area contributed by atoms with Crippen LogP contribution >= 0.6 is 0 Å². The highest BCUT2D eigenvalue weighted by Crippen LogP contribution is 2.20. The molecule has 0 saturated carbocycles. The van der Waals surface area contributed by atoms with Crippen LogP contribution in [0.1, 0.15) is 25.3 Å². The molecule has 20 heavy (non-hydrogen) atoms. The van der Waals surface area contributed by atoms with Crippen LogP contribution in [0.15, 0.2) is 24.3 Å². The smallest absolute Gasteiger partial charge is 0.0526 e. The minimum absolute atomic E-state index is 0.571. The molecule has 3 nitrogen and oxygen atoms in total. The molecular weight excluding hydrogens is 248 g/mol. The second-order valence-corrected chi connectivity index (χ2v) is 5.90. The van der Waals surface area contributed by atoms with Gasteiger partial charge in [-0.05, 0) is 38.4 Å². The van der Waals surface area contributed by atoms with Crippen LogP contribution in [-0.2, 0) is 4.74 Å². The van der Waals surface area contributed by atoms with Gasteiger partial charge in [0, 0.05) is 37.8 Å². The first-order valence-corrected chi connectivity index (χ1v) is 7.79. The fourth-order valence-electron chi connectivity index (χ4n) is 2.83. The molecular formula is C17H28N2O. The number of nitrogens with one attached hydrogen (secondary N) is 1. The predicted molar refractivity (Wildman–Crippen MR) is 85.5 cm³/mol. The van der Waals surface area contributed by atoms with E-state index in [0.717, 1.165) is 32.7 Å². The van der Waals surface area contributed by atoms with Crippen LogP contribution < -0.4 is 10.2 Å². The Kier molecular flexibility index (Phi) is 5.86. The third kappa shape index (κ3) is 4.22. The predicted octanol–water partition coefficient (Wildman–Crippen LogP) is 2.84. The van der Waals surface area contributed by atoms with E-state index in [0.29, 0.717) is 12.0 Å². The van der Waals surface area contributed by atoms with Crippen molar-refractivity contribution in [2.45, 2.75) is 32.7 Å². The Morgan fingerprint density at radius 1 is 1.30 bits per heavy atom. The molecule has 2 unspecified atom stereocenters. The topological polar surface area (TPSA) is 24.5 Å². The van der Waals surface area contributed by atoms with Crippen LogP contribution in [0.4, 0.5) is 5.69 Å². The number of aryl methyl sites for hydroxylation is 1. The number of nitrogens with zero attached hydrogens (tertiary/aromatic N) is 1. The number of hydrogen-bond donors (Lipinski definition) is 1. The number of anilines is 1. The molecule has 1 heterocycles. The van der Waals surface area contributed by atoms with Gasteiger partial charge in [0.1, 0.15) is 0 Å². The van der Waals surface area contributed by atoms with Crippen LogP contribution in [0.2, 0.25) is 0 Å². The molecule has 1 aliphatic heterocycles. The van der Waals surface area contributed by atoms with E-state index >= 15 is 0 Å². The van der Waals surface area contributed by atoms with E-state index < -0.39 is 0 Å². The average Bonchev–Trinajstić information content (AvgIpc) is 2.47. The molecule has 0 radical (unpaired) electrons. The Hall–Kier alpha value is -1.06. The molecule has 0 spiro atoms. The van der Waals surface area contributed by atoms with Crippen molar-refractivity contribution >= 4 is 5.69 Å². The molecule has 3 heteroatoms. The molecule has 1 aromatic rings. The zero-order chi connectivity index (χ0) is 14.4. The second kappa shape index (κ2) is 7.65. The Bertz CT molecular complexity index is 390. The van der Waals surface area contributed by atoms with Gasteiger partial charge in [0.05, 0.1) is 6.61 Å². The molecule has 1 aromatic carbocycles. The van der Waals surface area contributed by atoms with Gasteiger partial charge in [0.25, 0.3) is 0 Å². The fraction of sp³-hybridized carbons (Fsp3) is 0.647. The van der Waals surface area contributed by atoms with Crippen molar-refractivity contribution in [3.8, 4) is 0 Å². The van der Waals surface area contributed by atoms with E-state index in [9.17, 15) is 0 Å². The summed E-state index contributed by atoms with van der Waals surface area (Å²) >= 11 is 0. The van der Waals surface area contributed by atoms with Crippen LogP contribution in [-0.4, -0.2) is 39.4 Å². The standard InChI is InChI=1S/C17H28N2O/c1-4-10-18-17-9-11-20-13-15(17)12-19(3)16-7-5-14(2)6-8-16/h5-8,15,17-18H,4,9-13H2,1-3H3. The van der Waals surface area contributed by atoms with Crippen molar-refractivity contribution in [3.05, 3.63) is 29.8 Å². The lowest BCUT2D eigenvalue weighted by molar-refractivity contribution is 0.0351. The highest BCUT2D eigenvalue weighted by atomic mass is 16.5. The molecule has 2 rings (SSSR count). The summed E-state index contributed by atoms with van der Waals surface area (Å²) < 4.78 is 5.68. The first-order chi connectivity index (χ1) is 9.70. The van der Waals surface area contributed by atoms with Gasteiger partial charge >= 0.3 is 0 Å². The van der Waals surface area contributed by atoms with Crippen molar-refractivity contribution in [1.82, 2.24) is 5.32 Å². The van der Waals surface area contributed by atoms with E-state index in [1.807, 2.05) is 0 Å². The minimum atomic E-state index is 0.571. The van der Waals surface area contributed by atoms with Gasteiger partial charge in [-0.3, -0.25) is 0 Å². The molecule has 1 aliphatic rings. The lowest BCUT2D eigenvalue weighted by atomic mass is 9.95. The van der Waals surface area contributed by atoms with E-state index in [1.165, 1.54) is 17.7 Å². The maximum Gasteiger partial charge on any atom is 0.0526 e. The summed E-state index contributed by atoms with van der Waals surface area (Å²) in [6, 6.07) is 9.35. The van der Waals surface area contributed by atoms with Gasteiger partial charge in [-0.15, -0.1) is 0 Å². The molecule has 0 aromatic heterocycles. The molecule has 1 N–H and O–H groups in total. The van der Waals surface area contributed by atoms with Crippen molar-refractivity contribution in [1.29, 1.82) is 0 Å². The molecule has 2 atom stereocenters. The van der Waals surface area contributed by atoms with Gasteiger partial charge < -0.3 is 15.0 Å². The molecule has 0 bridgehead atoms. The summed E-state index contributed by atoms with van der Waals surface area (Å²) in [7, 11) is 2.18. The lowest BCUT2D eigenvalue weighted by Crippen LogP contribution is -2.47. The summed E-state index contributed by atoms with van der Waals surface area (Å²) in [5.74, 6) is 0.571. The molecule has 0 aliphatic carbocycles. The van der Waals surface area contributed by atoms with Crippen molar-refractivity contribution in [2.24, 2.45) is 5.92 Å². The Balaban J connectivity index is 1.93. The molecule has 112 valence electrons. The van der Waals surface area contributed by atoms with Crippen LogP contribution in [0.3, 0.4) is 0 Å². The quantitative estimate of drug-likeness (QED) is 0.864. The zero-order valence-electron chi connectivity index (χ0n) is 13.1. The summed E-state index contributed by atoms with van der Waals surface area (Å²) in [5.41, 5.74) is 2.60. The highest BCUT2D eigenvalue weighted by molar-refractivity contribution is 5.46. The monoisotopic (exact) mass is 276 g/mol. The van der Waals surface area contributed by atoms with Gasteiger partial charge in [0.15, 0.2) is 0 Å². The molecule has 1 fully saturated rings. The Morgan fingerprint density at radius 2 is 2.05 bits per heavy atom. The maximum absolute atomic E-state index is 5.68. The van der Waals surface area contributed by atoms with Gasteiger partial charge in [-0.25, -0.2) is 0 Å². The normalized spacial score (nSPS) is 22.8. The molecule has 1 saturated heterocycles. The van der Waals surface area contributed by atoms with E-state index in [2.05, 4.69) is 55.4 Å². The van der Waals surface area contributed by atoms with Crippen LogP contribution in [0, 0.1) is 12.8 Å². The highest BCUT2D eigenvalue weighted by Gasteiger charge is 2.26. The zero-order valence-corrected chi connectivity index (χ0v) is 13.1. The van der Waals surface area contributed by atoms with Gasteiger partial charge in [-0.1, -0.05) is 24.6 Å². The summed E-state index contributed by atoms with van der Waals surface area (Å²) in [5, 5.41) is 3.68. The molecule has 0 amide bonds. The van der Waals surface area contributed by atoms with E-state index in [-0.39, 0.29) is 0 Å². The number of hydrogen-bond acceptors (Lipinski definition) is 3. The second-order valence-electron chi connectivity index (χ2n) is 5.90. The summed E-state index contributed by atoms with van der Waals surface area (Å²) in [4.78, 5) is 2.35. The fourth-order valence-corrected chi connectivity index (χ4v) is 2.83. The largest absolute Gasteiger partial charge is 0.381 e. The Labute approximate surface area is 123 Å². The summed E-state index contributed by atoms with van der Waals surface area (Å²) in [6.45, 7) is 8.27. The minimum Gasteiger partial charge on any atom is -0.381 e. The van der Waals surface area contributed by atoms with Gasteiger partial charge in [-0.2, -0.15) is 0 Å². The van der Waals surface area contributed by atoms with Crippen molar-refractivity contribution in [3.63, 3.8) is 0 Å². The average molecular weight is 276 g/mol. The SMILES string of the molecule is CCCNC1CCOCC1CN(C)c1ccc(C)cc1. The van der Waals surface area contributed by atoms with Crippen molar-refractivity contribution in [2.75, 3.05) is 38.3 Å². The van der Waals surface area contributed by atoms with Crippen molar-refractivity contribution < 1.29 is 4.74 Å². The maximum atomic E-state index is 5.68. The van der Waals surface area contributed by atoms with E-state index in [1.54, 1.807) is 0 Å². The number of rotatable bonds is 6. The van der Waals surface area contributed by atoms with Crippen LogP contribution in [0.5, 0.6) is 0 Å². The Morgan fingerprint density at radius 3 is 2.75 bits per heavy atom. The first kappa shape index (κ1) is 15.3. The number of benzene rings is 1. The van der Waals surface area contributed by atoms with Gasteiger partial charge in [0.2, 0.25) is 0 Å². The number of ether oxygens (including phenoxy) is 1.